The number of carboxylic acids is 1. The average molecular weight is 548 g/mol. The van der Waals surface area contributed by atoms with Gasteiger partial charge in [-0.3, -0.25) is 4.79 Å². The molecular formula is C27H28BrF2NO4. The number of hydrogen-bond acceptors (Lipinski definition) is 3. The van der Waals surface area contributed by atoms with Crippen molar-refractivity contribution in [2.24, 2.45) is 7.05 Å². The molecule has 0 aliphatic carbocycles. The zero-order valence-electron chi connectivity index (χ0n) is 20.7. The minimum atomic E-state index is -1.56. The number of aliphatic carboxylic acids is 1. The summed E-state index contributed by atoms with van der Waals surface area (Å²) in [6.45, 7) is 10.6. The molecule has 0 aliphatic rings. The Bertz CT molecular complexity index is 1370. The molecule has 1 N–H and O–H groups in total. The molecule has 2 aromatic carbocycles. The Kier molecular flexibility index (Phi) is 7.39. The summed E-state index contributed by atoms with van der Waals surface area (Å²) >= 11 is 2.88. The van der Waals surface area contributed by atoms with Crippen LogP contribution < -0.4 is 5.56 Å². The minimum absolute atomic E-state index is 0.00336. The standard InChI is InChI=1S/C27H28BrF2NO4/c1-13-8-9-16(10-14(13)2)21-15(3)20(17-11-18(29)22(28)19(30)12-17)23(31(7)25(21)32)24(26(33)34)35-27(4,5)6/h8-12,24H,1-7H3,(H,33,34)/t24-/m0/s1. The van der Waals surface area contributed by atoms with Crippen LogP contribution in [0.5, 0.6) is 0 Å². The summed E-state index contributed by atoms with van der Waals surface area (Å²) in [4.78, 5) is 26.0. The van der Waals surface area contributed by atoms with Crippen LogP contribution in [0.25, 0.3) is 22.3 Å². The van der Waals surface area contributed by atoms with Crippen LogP contribution in [0.2, 0.25) is 0 Å². The summed E-state index contributed by atoms with van der Waals surface area (Å²) in [6, 6.07) is 7.79. The van der Waals surface area contributed by atoms with E-state index in [-0.39, 0.29) is 21.3 Å². The molecule has 0 aliphatic heterocycles. The molecule has 8 heteroatoms. The second kappa shape index (κ2) is 9.66. The van der Waals surface area contributed by atoms with Gasteiger partial charge >= 0.3 is 5.97 Å². The molecule has 0 fully saturated rings. The zero-order valence-corrected chi connectivity index (χ0v) is 22.3. The molecule has 0 bridgehead atoms. The fraction of sp³-hybridized carbons (Fsp3) is 0.333. The Morgan fingerprint density at radius 2 is 1.57 bits per heavy atom. The van der Waals surface area contributed by atoms with E-state index in [9.17, 15) is 23.5 Å². The normalized spacial score (nSPS) is 12.6. The first-order valence-corrected chi connectivity index (χ1v) is 11.8. The summed E-state index contributed by atoms with van der Waals surface area (Å²) in [5, 5.41) is 10.1. The van der Waals surface area contributed by atoms with Crippen molar-refractivity contribution >= 4 is 21.9 Å². The molecule has 1 atom stereocenters. The zero-order chi connectivity index (χ0) is 26.4. The summed E-state index contributed by atoms with van der Waals surface area (Å²) in [7, 11) is 1.44. The SMILES string of the molecule is Cc1ccc(-c2c(C)c(-c3cc(F)c(Br)c(F)c3)c([C@H](OC(C)(C)C)C(=O)O)n(C)c2=O)cc1C. The number of hydrogen-bond donors (Lipinski definition) is 1. The first-order valence-electron chi connectivity index (χ1n) is 11.0. The van der Waals surface area contributed by atoms with E-state index >= 15 is 0 Å². The molecule has 35 heavy (non-hydrogen) atoms. The van der Waals surface area contributed by atoms with Crippen molar-refractivity contribution < 1.29 is 23.4 Å². The Morgan fingerprint density at radius 3 is 2.06 bits per heavy atom. The molecule has 0 radical (unpaired) electrons. The third kappa shape index (κ3) is 5.23. The predicted octanol–water partition coefficient (Wildman–Crippen LogP) is 6.63. The van der Waals surface area contributed by atoms with Crippen molar-refractivity contribution in [1.29, 1.82) is 0 Å². The van der Waals surface area contributed by atoms with Gasteiger partial charge in [0.2, 0.25) is 0 Å². The molecule has 0 unspecified atom stereocenters. The third-order valence-corrected chi connectivity index (χ3v) is 6.66. The molecule has 1 heterocycles. The van der Waals surface area contributed by atoms with Gasteiger partial charge in [-0.1, -0.05) is 18.2 Å². The fourth-order valence-corrected chi connectivity index (χ4v) is 4.34. The highest BCUT2D eigenvalue weighted by Crippen LogP contribution is 2.39. The van der Waals surface area contributed by atoms with E-state index in [2.05, 4.69) is 15.9 Å². The minimum Gasteiger partial charge on any atom is -0.479 e. The van der Waals surface area contributed by atoms with Crippen molar-refractivity contribution in [3.8, 4) is 22.3 Å². The molecular weight excluding hydrogens is 520 g/mol. The summed E-state index contributed by atoms with van der Waals surface area (Å²) in [5.41, 5.74) is 2.36. The number of benzene rings is 2. The number of aromatic nitrogens is 1. The van der Waals surface area contributed by atoms with Crippen LogP contribution in [0.15, 0.2) is 39.6 Å². The van der Waals surface area contributed by atoms with E-state index in [1.807, 2.05) is 26.0 Å². The monoisotopic (exact) mass is 547 g/mol. The molecule has 186 valence electrons. The first-order chi connectivity index (χ1) is 16.1. The Labute approximate surface area is 211 Å². The second-order valence-corrected chi connectivity index (χ2v) is 10.4. The summed E-state index contributed by atoms with van der Waals surface area (Å²) in [5.74, 6) is -3.03. The topological polar surface area (TPSA) is 68.5 Å². The maximum atomic E-state index is 14.6. The maximum absolute atomic E-state index is 14.6. The number of nitrogens with zero attached hydrogens (tertiary/aromatic N) is 1. The number of carboxylic acid groups (broad SMARTS) is 1. The van der Waals surface area contributed by atoms with Gasteiger partial charge in [-0.15, -0.1) is 0 Å². The van der Waals surface area contributed by atoms with Crippen LogP contribution in [0, 0.1) is 32.4 Å². The molecule has 0 saturated heterocycles. The molecule has 3 rings (SSSR count). The summed E-state index contributed by atoms with van der Waals surface area (Å²) in [6.07, 6.45) is -1.56. The molecule has 3 aromatic rings. The van der Waals surface area contributed by atoms with E-state index in [1.165, 1.54) is 11.6 Å². The lowest BCUT2D eigenvalue weighted by Crippen LogP contribution is -2.33. The molecule has 5 nitrogen and oxygen atoms in total. The maximum Gasteiger partial charge on any atom is 0.339 e. The van der Waals surface area contributed by atoms with Gasteiger partial charge in [0.1, 0.15) is 11.6 Å². The number of aryl methyl sites for hydroxylation is 2. The number of carbonyl (C=O) groups is 1. The van der Waals surface area contributed by atoms with Crippen LogP contribution in [0.4, 0.5) is 8.78 Å². The lowest BCUT2D eigenvalue weighted by molar-refractivity contribution is -0.161. The number of pyridine rings is 1. The van der Waals surface area contributed by atoms with Crippen LogP contribution in [-0.2, 0) is 16.6 Å². The van der Waals surface area contributed by atoms with Gasteiger partial charge in [-0.05, 0) is 97.4 Å². The number of halogens is 3. The molecule has 0 amide bonds. The van der Waals surface area contributed by atoms with Crippen LogP contribution >= 0.6 is 15.9 Å². The predicted molar refractivity (Wildman–Crippen MR) is 136 cm³/mol. The van der Waals surface area contributed by atoms with Crippen molar-refractivity contribution in [1.82, 2.24) is 4.57 Å². The van der Waals surface area contributed by atoms with Crippen molar-refractivity contribution in [3.63, 3.8) is 0 Å². The van der Waals surface area contributed by atoms with Gasteiger partial charge in [-0.25, -0.2) is 13.6 Å². The highest BCUT2D eigenvalue weighted by atomic mass is 79.9. The van der Waals surface area contributed by atoms with Gasteiger partial charge < -0.3 is 14.4 Å². The lowest BCUT2D eigenvalue weighted by atomic mass is 9.89. The lowest BCUT2D eigenvalue weighted by Gasteiger charge is -2.29. The molecule has 0 spiro atoms. The number of rotatable bonds is 5. The van der Waals surface area contributed by atoms with Crippen LogP contribution in [0.1, 0.15) is 49.3 Å². The van der Waals surface area contributed by atoms with Crippen molar-refractivity contribution in [2.45, 2.75) is 53.2 Å². The first kappa shape index (κ1) is 26.8. The van der Waals surface area contributed by atoms with E-state index in [4.69, 9.17) is 4.74 Å². The second-order valence-electron chi connectivity index (χ2n) is 9.63. The van der Waals surface area contributed by atoms with Crippen LogP contribution in [0.3, 0.4) is 0 Å². The Hall–Kier alpha value is -2.84. The highest BCUT2D eigenvalue weighted by molar-refractivity contribution is 9.10. The quantitative estimate of drug-likeness (QED) is 0.364. The third-order valence-electron chi connectivity index (χ3n) is 5.90. The van der Waals surface area contributed by atoms with E-state index in [0.29, 0.717) is 16.7 Å². The Balaban J connectivity index is 2.52. The van der Waals surface area contributed by atoms with E-state index < -0.39 is 34.9 Å². The molecule has 1 aromatic heterocycles. The van der Waals surface area contributed by atoms with Gasteiger partial charge in [0.15, 0.2) is 6.10 Å². The number of ether oxygens (including phenoxy) is 1. The Morgan fingerprint density at radius 1 is 1.00 bits per heavy atom. The molecule has 0 saturated carbocycles. The summed E-state index contributed by atoms with van der Waals surface area (Å²) < 4.78 is 36.0. The smallest absolute Gasteiger partial charge is 0.339 e. The van der Waals surface area contributed by atoms with Crippen LogP contribution in [-0.4, -0.2) is 21.2 Å². The highest BCUT2D eigenvalue weighted by Gasteiger charge is 2.34. The van der Waals surface area contributed by atoms with Gasteiger partial charge in [0.05, 0.1) is 21.3 Å². The van der Waals surface area contributed by atoms with Crippen molar-refractivity contribution in [2.75, 3.05) is 0 Å². The van der Waals surface area contributed by atoms with E-state index in [1.54, 1.807) is 33.8 Å². The fourth-order valence-electron chi connectivity index (χ4n) is 4.11. The van der Waals surface area contributed by atoms with E-state index in [0.717, 1.165) is 23.3 Å². The van der Waals surface area contributed by atoms with Gasteiger partial charge in [-0.2, -0.15) is 0 Å². The van der Waals surface area contributed by atoms with Gasteiger partial charge in [0, 0.05) is 12.6 Å². The van der Waals surface area contributed by atoms with Crippen molar-refractivity contribution in [3.05, 3.63) is 79.2 Å². The average Bonchev–Trinajstić information content (AvgIpc) is 2.74. The largest absolute Gasteiger partial charge is 0.479 e. The van der Waals surface area contributed by atoms with Gasteiger partial charge in [0.25, 0.3) is 5.56 Å².